The lowest BCUT2D eigenvalue weighted by atomic mass is 10.1. The SMILES string of the molecule is Cc1ccc(-n2c(=O)c3ccccc3n3c(SCc4cc(=O)oc5c(C)c(O)ccc45)nnc23)cc1. The van der Waals surface area contributed by atoms with Crippen molar-refractivity contribution in [1.82, 2.24) is 19.2 Å². The molecule has 0 spiro atoms. The molecule has 0 aliphatic carbocycles. The molecule has 9 heteroatoms. The third-order valence-electron chi connectivity index (χ3n) is 6.26. The highest BCUT2D eigenvalue weighted by atomic mass is 32.2. The molecule has 178 valence electrons. The molecule has 0 fully saturated rings. The maximum absolute atomic E-state index is 13.5. The maximum Gasteiger partial charge on any atom is 0.336 e. The summed E-state index contributed by atoms with van der Waals surface area (Å²) in [6, 6.07) is 19.8. The Morgan fingerprint density at radius 1 is 0.944 bits per heavy atom. The van der Waals surface area contributed by atoms with Crippen LogP contribution in [0.15, 0.2) is 85.9 Å². The van der Waals surface area contributed by atoms with Crippen molar-refractivity contribution in [2.45, 2.75) is 24.8 Å². The van der Waals surface area contributed by atoms with Crippen molar-refractivity contribution in [3.05, 3.63) is 104 Å². The van der Waals surface area contributed by atoms with Gasteiger partial charge >= 0.3 is 5.63 Å². The van der Waals surface area contributed by atoms with E-state index in [1.54, 1.807) is 29.7 Å². The number of hydrogen-bond acceptors (Lipinski definition) is 7. The summed E-state index contributed by atoms with van der Waals surface area (Å²) < 4.78 is 8.80. The van der Waals surface area contributed by atoms with E-state index in [9.17, 15) is 14.7 Å². The second-order valence-electron chi connectivity index (χ2n) is 8.58. The van der Waals surface area contributed by atoms with Gasteiger partial charge in [0, 0.05) is 22.8 Å². The Morgan fingerprint density at radius 3 is 2.53 bits per heavy atom. The summed E-state index contributed by atoms with van der Waals surface area (Å²) in [5.74, 6) is 0.883. The molecule has 0 unspecified atom stereocenters. The molecule has 1 N–H and O–H groups in total. The van der Waals surface area contributed by atoms with Crippen molar-refractivity contribution in [2.75, 3.05) is 0 Å². The zero-order chi connectivity index (χ0) is 25.0. The van der Waals surface area contributed by atoms with Crippen LogP contribution in [0.5, 0.6) is 5.75 Å². The van der Waals surface area contributed by atoms with Crippen LogP contribution in [0, 0.1) is 13.8 Å². The highest BCUT2D eigenvalue weighted by molar-refractivity contribution is 7.98. The van der Waals surface area contributed by atoms with Crippen LogP contribution in [0.2, 0.25) is 0 Å². The number of aromatic hydroxyl groups is 1. The minimum atomic E-state index is -0.489. The first kappa shape index (κ1) is 22.1. The number of phenols is 1. The fourth-order valence-corrected chi connectivity index (χ4v) is 5.31. The van der Waals surface area contributed by atoms with E-state index in [0.29, 0.717) is 44.4 Å². The highest BCUT2D eigenvalue weighted by Gasteiger charge is 2.19. The van der Waals surface area contributed by atoms with E-state index in [4.69, 9.17) is 4.42 Å². The van der Waals surface area contributed by atoms with Crippen molar-refractivity contribution in [2.24, 2.45) is 0 Å². The minimum Gasteiger partial charge on any atom is -0.508 e. The summed E-state index contributed by atoms with van der Waals surface area (Å²) in [7, 11) is 0. The van der Waals surface area contributed by atoms with Gasteiger partial charge in [-0.15, -0.1) is 10.2 Å². The van der Waals surface area contributed by atoms with Gasteiger partial charge in [0.1, 0.15) is 11.3 Å². The highest BCUT2D eigenvalue weighted by Crippen LogP contribution is 2.31. The number of hydrogen-bond donors (Lipinski definition) is 1. The molecule has 3 aromatic carbocycles. The summed E-state index contributed by atoms with van der Waals surface area (Å²) >= 11 is 1.40. The van der Waals surface area contributed by atoms with Crippen LogP contribution >= 0.6 is 11.8 Å². The number of benzene rings is 3. The molecule has 0 saturated carbocycles. The summed E-state index contributed by atoms with van der Waals surface area (Å²) in [5.41, 5.74) is 3.45. The molecule has 0 atom stereocenters. The first-order chi connectivity index (χ1) is 17.4. The van der Waals surface area contributed by atoms with Gasteiger partial charge in [-0.25, -0.2) is 9.36 Å². The average Bonchev–Trinajstić information content (AvgIpc) is 3.30. The van der Waals surface area contributed by atoms with Crippen LogP contribution in [0.25, 0.3) is 33.3 Å². The molecule has 0 bridgehead atoms. The molecule has 3 aromatic heterocycles. The summed E-state index contributed by atoms with van der Waals surface area (Å²) in [5, 5.41) is 20.7. The summed E-state index contributed by atoms with van der Waals surface area (Å²) in [6.07, 6.45) is 0. The van der Waals surface area contributed by atoms with Crippen molar-refractivity contribution in [1.29, 1.82) is 0 Å². The first-order valence-corrected chi connectivity index (χ1v) is 12.2. The van der Waals surface area contributed by atoms with Crippen LogP contribution in [0.1, 0.15) is 16.7 Å². The lowest BCUT2D eigenvalue weighted by molar-refractivity contribution is 0.468. The van der Waals surface area contributed by atoms with Crippen LogP contribution in [0.4, 0.5) is 0 Å². The second-order valence-corrected chi connectivity index (χ2v) is 9.52. The predicted octanol–water partition coefficient (Wildman–Crippen LogP) is 4.75. The Labute approximate surface area is 208 Å². The molecular weight excluding hydrogens is 476 g/mol. The number of aryl methyl sites for hydroxylation is 2. The van der Waals surface area contributed by atoms with E-state index in [1.807, 2.05) is 53.8 Å². The average molecular weight is 497 g/mol. The molecule has 3 heterocycles. The third-order valence-corrected chi connectivity index (χ3v) is 7.24. The van der Waals surface area contributed by atoms with E-state index in [-0.39, 0.29) is 11.3 Å². The quantitative estimate of drug-likeness (QED) is 0.277. The Hall–Kier alpha value is -4.37. The van der Waals surface area contributed by atoms with Gasteiger partial charge in [-0.1, -0.05) is 41.6 Å². The Kier molecular flexibility index (Phi) is 5.15. The Balaban J connectivity index is 1.52. The fourth-order valence-electron chi connectivity index (χ4n) is 4.38. The van der Waals surface area contributed by atoms with Gasteiger partial charge in [0.25, 0.3) is 5.56 Å². The first-order valence-electron chi connectivity index (χ1n) is 11.3. The van der Waals surface area contributed by atoms with Crippen LogP contribution in [-0.4, -0.2) is 24.3 Å². The molecule has 0 saturated heterocycles. The monoisotopic (exact) mass is 496 g/mol. The van der Waals surface area contributed by atoms with Crippen LogP contribution in [0.3, 0.4) is 0 Å². The molecule has 0 amide bonds. The zero-order valence-corrected chi connectivity index (χ0v) is 20.2. The number of rotatable bonds is 4. The van der Waals surface area contributed by atoms with Gasteiger partial charge in [0.2, 0.25) is 5.78 Å². The molecule has 8 nitrogen and oxygen atoms in total. The number of para-hydroxylation sites is 1. The Bertz CT molecular complexity index is 1920. The van der Waals surface area contributed by atoms with Gasteiger partial charge in [0.15, 0.2) is 5.16 Å². The molecule has 0 radical (unpaired) electrons. The Morgan fingerprint density at radius 2 is 1.72 bits per heavy atom. The molecule has 0 aliphatic rings. The van der Waals surface area contributed by atoms with Gasteiger partial charge < -0.3 is 9.52 Å². The van der Waals surface area contributed by atoms with E-state index in [2.05, 4.69) is 10.2 Å². The van der Waals surface area contributed by atoms with E-state index in [0.717, 1.165) is 16.5 Å². The molecule has 36 heavy (non-hydrogen) atoms. The van der Waals surface area contributed by atoms with Crippen molar-refractivity contribution in [3.8, 4) is 11.4 Å². The molecule has 0 aliphatic heterocycles. The largest absolute Gasteiger partial charge is 0.508 e. The topological polar surface area (TPSA) is 103 Å². The summed E-state index contributed by atoms with van der Waals surface area (Å²) in [4.78, 5) is 25.7. The van der Waals surface area contributed by atoms with E-state index >= 15 is 0 Å². The normalized spacial score (nSPS) is 11.6. The van der Waals surface area contributed by atoms with Gasteiger partial charge in [-0.3, -0.25) is 9.20 Å². The van der Waals surface area contributed by atoms with E-state index in [1.165, 1.54) is 17.8 Å². The van der Waals surface area contributed by atoms with Crippen LogP contribution in [-0.2, 0) is 5.75 Å². The number of thioether (sulfide) groups is 1. The lowest BCUT2D eigenvalue weighted by Crippen LogP contribution is -2.21. The smallest absolute Gasteiger partial charge is 0.336 e. The predicted molar refractivity (Wildman–Crippen MR) is 139 cm³/mol. The van der Waals surface area contributed by atoms with Crippen molar-refractivity contribution >= 4 is 39.4 Å². The fraction of sp³-hybridized carbons (Fsp3) is 0.111. The zero-order valence-electron chi connectivity index (χ0n) is 19.4. The van der Waals surface area contributed by atoms with Crippen LogP contribution < -0.4 is 11.2 Å². The number of nitrogens with zero attached hydrogens (tertiary/aromatic N) is 4. The molecule has 6 aromatic rings. The van der Waals surface area contributed by atoms with Gasteiger partial charge in [0.05, 0.1) is 16.6 Å². The van der Waals surface area contributed by atoms with Gasteiger partial charge in [-0.2, -0.15) is 0 Å². The van der Waals surface area contributed by atoms with Crippen molar-refractivity contribution < 1.29 is 9.52 Å². The van der Waals surface area contributed by atoms with Crippen molar-refractivity contribution in [3.63, 3.8) is 0 Å². The third kappa shape index (κ3) is 3.47. The molecular formula is C27H20N4O4S. The minimum absolute atomic E-state index is 0.0689. The number of fused-ring (bicyclic) bond motifs is 4. The lowest BCUT2D eigenvalue weighted by Gasteiger charge is -2.12. The standard InChI is InChI=1S/C27H20N4O4S/c1-15-7-9-18(10-8-15)30-25(34)20-5-3-4-6-21(20)31-26(30)28-29-27(31)36-14-17-13-23(33)35-24-16(2)22(32)12-11-19(17)24/h3-13,32H,14H2,1-2H3. The summed E-state index contributed by atoms with van der Waals surface area (Å²) in [6.45, 7) is 3.70. The molecule has 6 rings (SSSR count). The number of phenolic OH excluding ortho intramolecular Hbond substituents is 1. The van der Waals surface area contributed by atoms with Gasteiger partial charge in [-0.05, 0) is 55.8 Å². The maximum atomic E-state index is 13.5. The number of aromatic nitrogens is 4. The van der Waals surface area contributed by atoms with E-state index < -0.39 is 5.63 Å². The second kappa shape index (κ2) is 8.39.